The average molecular weight is 166 g/mol. The van der Waals surface area contributed by atoms with E-state index in [2.05, 4.69) is 0 Å². The molecule has 0 spiro atoms. The van der Waals surface area contributed by atoms with Crippen LogP contribution in [0.4, 0.5) is 4.79 Å². The van der Waals surface area contributed by atoms with Gasteiger partial charge in [-0.15, -0.1) is 0 Å². The van der Waals surface area contributed by atoms with Crippen LogP contribution in [0.1, 0.15) is 0 Å². The molecule has 0 fully saturated rings. The Hall–Kier alpha value is -0.347. The second kappa shape index (κ2) is 10.6. The second-order valence-electron chi connectivity index (χ2n) is 0.565. The molecule has 6 nitrogen and oxygen atoms in total. The Bertz CT molecular complexity index is 71.1. The number of carboxylic acid groups (broad SMARTS) is 2. The summed E-state index contributed by atoms with van der Waals surface area (Å²) in [5, 5.41) is 13.9. The van der Waals surface area contributed by atoms with Gasteiger partial charge in [-0.25, -0.2) is 4.79 Å². The summed E-state index contributed by atoms with van der Waals surface area (Å²) in [4.78, 5) is 22.9. The Balaban J connectivity index is -0.0000000720. The van der Waals surface area contributed by atoms with Crippen LogP contribution >= 0.6 is 0 Å². The van der Waals surface area contributed by atoms with Gasteiger partial charge in [-0.3, -0.25) is 4.46 Å². The molecule has 0 aromatic carbocycles. The van der Waals surface area contributed by atoms with E-state index in [1.54, 1.807) is 0 Å². The van der Waals surface area contributed by atoms with Crippen molar-refractivity contribution in [2.75, 3.05) is 0 Å². The highest BCUT2D eigenvalue weighted by Gasteiger charge is 1.85. The van der Waals surface area contributed by atoms with Crippen LogP contribution in [-0.2, 0) is 4.46 Å². The first-order valence-corrected chi connectivity index (χ1v) is 2.61. The topological polar surface area (TPSA) is 115 Å². The van der Waals surface area contributed by atoms with E-state index in [0.29, 0.717) is 0 Å². The Labute approximate surface area is 67.8 Å². The molecule has 0 bridgehead atoms. The van der Waals surface area contributed by atoms with Crippen molar-refractivity contribution in [2.45, 2.75) is 0 Å². The minimum atomic E-state index is -3.13. The summed E-state index contributed by atoms with van der Waals surface area (Å²) >= 11 is 0. The van der Waals surface area contributed by atoms with Crippen LogP contribution < -0.4 is 0 Å². The van der Waals surface area contributed by atoms with E-state index in [-0.39, 0.29) is 23.1 Å². The highest BCUT2D eigenvalue weighted by atomic mass is 28.3. The van der Waals surface area contributed by atoms with Gasteiger partial charge in [0, 0.05) is 0 Å². The van der Waals surface area contributed by atoms with Gasteiger partial charge >= 0.3 is 38.4 Å². The highest BCUT2D eigenvalue weighted by Crippen LogP contribution is 1.42. The largest absolute Gasteiger partial charge is 0.761 e. The fraction of sp³-hybridized carbons (Fsp3) is 0. The molecule has 0 atom stereocenters. The maximum atomic E-state index is 8.74. The van der Waals surface area contributed by atoms with Crippen molar-refractivity contribution < 1.29 is 29.1 Å². The van der Waals surface area contributed by atoms with Gasteiger partial charge in [-0.05, 0) is 0 Å². The zero-order valence-electron chi connectivity index (χ0n) is 3.61. The monoisotopic (exact) mass is 166 g/mol. The SMILES string of the molecule is O=C(O)O.O=[Si](O)O.[MgH2]. The molecule has 8 heteroatoms. The fourth-order valence-corrected chi connectivity index (χ4v) is 0. The molecule has 0 aliphatic carbocycles. The van der Waals surface area contributed by atoms with Crippen molar-refractivity contribution in [1.29, 1.82) is 0 Å². The summed E-state index contributed by atoms with van der Waals surface area (Å²) in [6.07, 6.45) is -1.83. The molecule has 9 heavy (non-hydrogen) atoms. The van der Waals surface area contributed by atoms with Gasteiger partial charge in [0.25, 0.3) is 0 Å². The van der Waals surface area contributed by atoms with Crippen molar-refractivity contribution in [2.24, 2.45) is 0 Å². The van der Waals surface area contributed by atoms with E-state index >= 15 is 0 Å². The molecule has 0 aliphatic heterocycles. The smallest absolute Gasteiger partial charge is 0.511 e. The summed E-state index contributed by atoms with van der Waals surface area (Å²) in [7, 11) is -3.13. The lowest BCUT2D eigenvalue weighted by Crippen LogP contribution is -1.90. The van der Waals surface area contributed by atoms with E-state index in [1.165, 1.54) is 0 Å². The van der Waals surface area contributed by atoms with Crippen LogP contribution in [0.5, 0.6) is 0 Å². The third kappa shape index (κ3) is 2030. The molecule has 0 aromatic heterocycles. The molecule has 0 rings (SSSR count). The zero-order valence-corrected chi connectivity index (χ0v) is 4.61. The van der Waals surface area contributed by atoms with Gasteiger partial charge in [0.1, 0.15) is 0 Å². The first-order chi connectivity index (χ1) is 3.46. The maximum Gasteiger partial charge on any atom is 0.761 e. The van der Waals surface area contributed by atoms with Crippen LogP contribution in [0, 0.1) is 0 Å². The fourth-order valence-electron chi connectivity index (χ4n) is 0. The van der Waals surface area contributed by atoms with Crippen molar-refractivity contribution in [3.63, 3.8) is 0 Å². The lowest BCUT2D eigenvalue weighted by Gasteiger charge is -1.60. The van der Waals surface area contributed by atoms with Crippen molar-refractivity contribution in [1.82, 2.24) is 0 Å². The molecular weight excluding hydrogens is 160 g/mol. The summed E-state index contributed by atoms with van der Waals surface area (Å²) < 4.78 is 8.74. The second-order valence-corrected chi connectivity index (χ2v) is 1.13. The van der Waals surface area contributed by atoms with E-state index in [1.807, 2.05) is 0 Å². The molecule has 0 radical (unpaired) electrons. The van der Waals surface area contributed by atoms with E-state index in [0.717, 1.165) is 0 Å². The van der Waals surface area contributed by atoms with E-state index < -0.39 is 15.3 Å². The average Bonchev–Trinajstić information content (AvgIpc) is 1.25. The molecule has 0 saturated carbocycles. The molecule has 0 heterocycles. The molecule has 0 aromatic rings. The van der Waals surface area contributed by atoms with Gasteiger partial charge in [0.15, 0.2) is 0 Å². The number of hydrogen-bond acceptors (Lipinski definition) is 2. The number of carbonyl (C=O) groups is 1. The van der Waals surface area contributed by atoms with Gasteiger partial charge < -0.3 is 19.8 Å². The van der Waals surface area contributed by atoms with Crippen molar-refractivity contribution in [3.8, 4) is 0 Å². The van der Waals surface area contributed by atoms with Crippen LogP contribution in [0.25, 0.3) is 0 Å². The van der Waals surface area contributed by atoms with E-state index in [4.69, 9.17) is 29.1 Å². The van der Waals surface area contributed by atoms with Crippen LogP contribution in [0.15, 0.2) is 0 Å². The molecule has 0 saturated heterocycles. The summed E-state index contributed by atoms with van der Waals surface area (Å²) in [5.74, 6) is 0. The first kappa shape index (κ1) is 15.9. The van der Waals surface area contributed by atoms with Crippen LogP contribution in [0.3, 0.4) is 0 Å². The lowest BCUT2D eigenvalue weighted by atomic mass is 11.5. The molecular formula is CH6MgO6Si. The minimum Gasteiger partial charge on any atom is -0.511 e. The maximum absolute atomic E-state index is 8.74. The Morgan fingerprint density at radius 3 is 1.22 bits per heavy atom. The lowest BCUT2D eigenvalue weighted by molar-refractivity contribution is 0.137. The summed E-state index contributed by atoms with van der Waals surface area (Å²) in [6.45, 7) is 0. The molecule has 0 aliphatic rings. The van der Waals surface area contributed by atoms with Gasteiger partial charge in [0.2, 0.25) is 0 Å². The third-order valence-electron chi connectivity index (χ3n) is 0. The minimum absolute atomic E-state index is 0. The predicted octanol–water partition coefficient (Wildman–Crippen LogP) is -2.31. The zero-order chi connectivity index (χ0) is 7.15. The van der Waals surface area contributed by atoms with Gasteiger partial charge in [-0.2, -0.15) is 0 Å². The van der Waals surface area contributed by atoms with E-state index in [9.17, 15) is 0 Å². The Morgan fingerprint density at radius 2 is 1.22 bits per heavy atom. The van der Waals surface area contributed by atoms with Crippen LogP contribution in [-0.4, -0.2) is 58.2 Å². The van der Waals surface area contributed by atoms with Crippen LogP contribution in [0.2, 0.25) is 0 Å². The van der Waals surface area contributed by atoms with Gasteiger partial charge in [0.05, 0.1) is 0 Å². The predicted molar refractivity (Wildman–Crippen MR) is 30.1 cm³/mol. The third-order valence-corrected chi connectivity index (χ3v) is 0. The highest BCUT2D eigenvalue weighted by molar-refractivity contribution is 6.22. The molecule has 52 valence electrons. The number of hydrogen-bond donors (Lipinski definition) is 4. The summed E-state index contributed by atoms with van der Waals surface area (Å²) in [6, 6.07) is 0. The quantitative estimate of drug-likeness (QED) is 0.301. The summed E-state index contributed by atoms with van der Waals surface area (Å²) in [5.41, 5.74) is 0. The first-order valence-electron chi connectivity index (χ1n) is 1.30. The Kier molecular flexibility index (Phi) is 18.7. The standard InChI is InChI=1S/CH2O3.Mg.H2O3Si.2H/c2-1(3)4;;1-4(2)3;;/h(H2,2,3,4);;1-2H;;. The molecule has 4 N–H and O–H groups in total. The van der Waals surface area contributed by atoms with Crippen molar-refractivity contribution >= 4 is 38.4 Å². The molecule has 0 unspecified atom stereocenters. The van der Waals surface area contributed by atoms with Crippen molar-refractivity contribution in [3.05, 3.63) is 0 Å². The number of rotatable bonds is 0. The normalized spacial score (nSPS) is 5.33. The molecule has 0 amide bonds. The van der Waals surface area contributed by atoms with Gasteiger partial charge in [-0.1, -0.05) is 0 Å². The Morgan fingerprint density at radius 1 is 1.22 bits per heavy atom.